The summed E-state index contributed by atoms with van der Waals surface area (Å²) in [5.74, 6) is -0.0367. The average molecular weight is 369 g/mol. The molecule has 1 fully saturated rings. The zero-order chi connectivity index (χ0) is 18.3. The largest absolute Gasteiger partial charge is 0.349 e. The summed E-state index contributed by atoms with van der Waals surface area (Å²) in [6, 6.07) is 6.55. The Morgan fingerprint density at radius 1 is 1.46 bits per heavy atom. The number of piperidine rings is 1. The first-order chi connectivity index (χ1) is 12.5. The second-order valence-electron chi connectivity index (χ2n) is 6.99. The molecule has 1 amide bonds. The van der Waals surface area contributed by atoms with Crippen molar-refractivity contribution in [1.82, 2.24) is 25.4 Å². The van der Waals surface area contributed by atoms with Gasteiger partial charge in [-0.3, -0.25) is 9.48 Å². The van der Waals surface area contributed by atoms with Crippen LogP contribution in [-0.2, 0) is 7.05 Å². The molecule has 3 aromatic rings. The van der Waals surface area contributed by atoms with Crippen molar-refractivity contribution in [2.45, 2.75) is 38.8 Å². The van der Waals surface area contributed by atoms with Gasteiger partial charge >= 0.3 is 0 Å². The Labute approximate surface area is 156 Å². The van der Waals surface area contributed by atoms with E-state index in [1.54, 1.807) is 16.0 Å². The van der Waals surface area contributed by atoms with Gasteiger partial charge in [0, 0.05) is 19.1 Å². The van der Waals surface area contributed by atoms with Crippen molar-refractivity contribution in [2.24, 2.45) is 7.05 Å². The lowest BCUT2D eigenvalue weighted by molar-refractivity contribution is 0.0927. The number of aromatic nitrogens is 3. The third-order valence-corrected chi connectivity index (χ3v) is 5.84. The molecular formula is C19H23N5OS. The smallest absolute Gasteiger partial charge is 0.252 e. The fourth-order valence-corrected chi connectivity index (χ4v) is 4.39. The second-order valence-corrected chi connectivity index (χ2v) is 7.94. The molecule has 4 rings (SSSR count). The number of carbonyl (C=O) groups excluding carboxylic acids is 1. The Morgan fingerprint density at radius 2 is 2.31 bits per heavy atom. The number of amides is 1. The van der Waals surface area contributed by atoms with Crippen LogP contribution < -0.4 is 10.6 Å². The molecule has 26 heavy (non-hydrogen) atoms. The number of thiophene rings is 1. The van der Waals surface area contributed by atoms with Crippen molar-refractivity contribution in [1.29, 1.82) is 0 Å². The number of hydrogen-bond acceptors (Lipinski definition) is 5. The molecule has 1 aliphatic rings. The number of fused-ring (bicyclic) bond motifs is 1. The van der Waals surface area contributed by atoms with E-state index < -0.39 is 0 Å². The molecule has 4 heterocycles. The monoisotopic (exact) mass is 369 g/mol. The third-order valence-electron chi connectivity index (χ3n) is 4.95. The summed E-state index contributed by atoms with van der Waals surface area (Å²) in [6.07, 6.45) is 1.90. The number of pyridine rings is 1. The van der Waals surface area contributed by atoms with Gasteiger partial charge in [-0.25, -0.2) is 4.98 Å². The number of rotatable bonds is 3. The Bertz CT molecular complexity index is 947. The van der Waals surface area contributed by atoms with Gasteiger partial charge in [-0.05, 0) is 50.7 Å². The van der Waals surface area contributed by atoms with Gasteiger partial charge in [0.1, 0.15) is 0 Å². The molecule has 136 valence electrons. The second kappa shape index (κ2) is 6.81. The fourth-order valence-electron chi connectivity index (χ4n) is 3.70. The first-order valence-electron chi connectivity index (χ1n) is 8.95. The fraction of sp³-hybridized carbons (Fsp3) is 0.421. The summed E-state index contributed by atoms with van der Waals surface area (Å²) in [5, 5.41) is 14.0. The van der Waals surface area contributed by atoms with Crippen LogP contribution in [0.15, 0.2) is 23.6 Å². The standard InChI is InChI=1S/C19H23N5OS/c1-11-9-13(6-7-20-11)21-19(25)14-10-15(16-5-4-8-26-16)22-18-17(14)12(2)23-24(18)3/h4-5,8,10-11,13,20H,6-7,9H2,1-3H3,(H,21,25). The maximum Gasteiger partial charge on any atom is 0.252 e. The molecule has 2 N–H and O–H groups in total. The molecule has 6 nitrogen and oxygen atoms in total. The molecule has 3 aromatic heterocycles. The average Bonchev–Trinajstić information content (AvgIpc) is 3.23. The molecule has 2 atom stereocenters. The molecule has 2 unspecified atom stereocenters. The van der Waals surface area contributed by atoms with Crippen LogP contribution >= 0.6 is 11.3 Å². The Kier molecular flexibility index (Phi) is 4.50. The number of nitrogens with one attached hydrogen (secondary N) is 2. The van der Waals surface area contributed by atoms with E-state index in [1.807, 2.05) is 37.6 Å². The zero-order valence-electron chi connectivity index (χ0n) is 15.2. The number of hydrogen-bond donors (Lipinski definition) is 2. The van der Waals surface area contributed by atoms with Crippen LogP contribution in [0.4, 0.5) is 0 Å². The van der Waals surface area contributed by atoms with Gasteiger partial charge in [0.2, 0.25) is 0 Å². The lowest BCUT2D eigenvalue weighted by Crippen LogP contribution is -2.46. The molecule has 1 saturated heterocycles. The minimum atomic E-state index is -0.0367. The van der Waals surface area contributed by atoms with Crippen LogP contribution in [-0.4, -0.2) is 39.3 Å². The first-order valence-corrected chi connectivity index (χ1v) is 9.83. The highest BCUT2D eigenvalue weighted by molar-refractivity contribution is 7.13. The van der Waals surface area contributed by atoms with Crippen LogP contribution in [0, 0.1) is 6.92 Å². The topological polar surface area (TPSA) is 71.8 Å². The molecule has 0 aliphatic carbocycles. The van der Waals surface area contributed by atoms with Crippen molar-refractivity contribution in [3.05, 3.63) is 34.8 Å². The van der Waals surface area contributed by atoms with Gasteiger partial charge in [-0.1, -0.05) is 6.07 Å². The molecule has 0 aromatic carbocycles. The molecule has 7 heteroatoms. The quantitative estimate of drug-likeness (QED) is 0.745. The van der Waals surface area contributed by atoms with Crippen LogP contribution in [0.25, 0.3) is 21.6 Å². The van der Waals surface area contributed by atoms with Crippen LogP contribution in [0.1, 0.15) is 35.8 Å². The number of aryl methyl sites for hydroxylation is 2. The van der Waals surface area contributed by atoms with Gasteiger partial charge in [0.05, 0.1) is 27.2 Å². The minimum Gasteiger partial charge on any atom is -0.349 e. The van der Waals surface area contributed by atoms with Gasteiger partial charge in [-0.15, -0.1) is 11.3 Å². The van der Waals surface area contributed by atoms with E-state index in [2.05, 4.69) is 22.7 Å². The molecule has 0 saturated carbocycles. The van der Waals surface area contributed by atoms with Crippen molar-refractivity contribution in [3.63, 3.8) is 0 Å². The Morgan fingerprint density at radius 3 is 3.04 bits per heavy atom. The summed E-state index contributed by atoms with van der Waals surface area (Å²) < 4.78 is 1.76. The summed E-state index contributed by atoms with van der Waals surface area (Å²) in [5.41, 5.74) is 3.06. The van der Waals surface area contributed by atoms with E-state index in [9.17, 15) is 4.79 Å². The van der Waals surface area contributed by atoms with Crippen molar-refractivity contribution in [3.8, 4) is 10.6 Å². The van der Waals surface area contributed by atoms with Crippen molar-refractivity contribution >= 4 is 28.3 Å². The molecule has 0 spiro atoms. The van der Waals surface area contributed by atoms with Crippen molar-refractivity contribution < 1.29 is 4.79 Å². The zero-order valence-corrected chi connectivity index (χ0v) is 16.1. The van der Waals surface area contributed by atoms with E-state index >= 15 is 0 Å². The lowest BCUT2D eigenvalue weighted by Gasteiger charge is -2.28. The normalized spacial score (nSPS) is 20.4. The predicted octanol–water partition coefficient (Wildman–Crippen LogP) is 2.88. The number of nitrogens with zero attached hydrogens (tertiary/aromatic N) is 3. The summed E-state index contributed by atoms with van der Waals surface area (Å²) >= 11 is 1.62. The van der Waals surface area contributed by atoms with Gasteiger partial charge in [0.25, 0.3) is 5.91 Å². The van der Waals surface area contributed by atoms with Gasteiger partial charge in [0.15, 0.2) is 5.65 Å². The summed E-state index contributed by atoms with van der Waals surface area (Å²) in [4.78, 5) is 18.9. The number of carbonyl (C=O) groups is 1. The van der Waals surface area contributed by atoms with E-state index in [1.165, 1.54) is 0 Å². The summed E-state index contributed by atoms with van der Waals surface area (Å²) in [6.45, 7) is 5.02. The van der Waals surface area contributed by atoms with E-state index in [4.69, 9.17) is 4.98 Å². The highest BCUT2D eigenvalue weighted by atomic mass is 32.1. The highest BCUT2D eigenvalue weighted by Gasteiger charge is 2.24. The first kappa shape index (κ1) is 17.2. The van der Waals surface area contributed by atoms with Gasteiger partial charge < -0.3 is 10.6 Å². The van der Waals surface area contributed by atoms with Crippen LogP contribution in [0.3, 0.4) is 0 Å². The highest BCUT2D eigenvalue weighted by Crippen LogP contribution is 2.29. The van der Waals surface area contributed by atoms with Crippen LogP contribution in [0.2, 0.25) is 0 Å². The third kappa shape index (κ3) is 3.12. The predicted molar refractivity (Wildman–Crippen MR) is 105 cm³/mol. The maximum absolute atomic E-state index is 13.1. The Balaban J connectivity index is 1.76. The molecule has 0 bridgehead atoms. The SMILES string of the molecule is Cc1nn(C)c2nc(-c3cccs3)cc(C(=O)NC3CCNC(C)C3)c12. The lowest BCUT2D eigenvalue weighted by atomic mass is 9.99. The van der Waals surface area contributed by atoms with Crippen LogP contribution in [0.5, 0.6) is 0 Å². The van der Waals surface area contributed by atoms with E-state index in [-0.39, 0.29) is 11.9 Å². The molecular weight excluding hydrogens is 346 g/mol. The Hall–Kier alpha value is -2.25. The van der Waals surface area contributed by atoms with E-state index in [0.717, 1.165) is 46.7 Å². The minimum absolute atomic E-state index is 0.0367. The van der Waals surface area contributed by atoms with Gasteiger partial charge in [-0.2, -0.15) is 5.10 Å². The molecule has 0 radical (unpaired) electrons. The maximum atomic E-state index is 13.1. The van der Waals surface area contributed by atoms with E-state index in [0.29, 0.717) is 11.6 Å². The summed E-state index contributed by atoms with van der Waals surface area (Å²) in [7, 11) is 1.87. The molecule has 1 aliphatic heterocycles. The van der Waals surface area contributed by atoms with Crippen molar-refractivity contribution in [2.75, 3.05) is 6.54 Å².